The lowest BCUT2D eigenvalue weighted by atomic mass is 9.78. The zero-order chi connectivity index (χ0) is 20.2. The Bertz CT molecular complexity index is 970. The summed E-state index contributed by atoms with van der Waals surface area (Å²) in [6.45, 7) is 2.98. The van der Waals surface area contributed by atoms with Gasteiger partial charge in [0.25, 0.3) is 5.91 Å². The van der Waals surface area contributed by atoms with Gasteiger partial charge in [0.15, 0.2) is 0 Å². The first-order chi connectivity index (χ1) is 14.1. The van der Waals surface area contributed by atoms with E-state index in [0.29, 0.717) is 0 Å². The van der Waals surface area contributed by atoms with Crippen molar-refractivity contribution in [1.29, 1.82) is 0 Å². The van der Waals surface area contributed by atoms with Crippen LogP contribution < -0.4 is 10.2 Å². The van der Waals surface area contributed by atoms with Gasteiger partial charge in [0.2, 0.25) is 5.91 Å². The lowest BCUT2D eigenvalue weighted by Gasteiger charge is -2.37. The fraction of sp³-hybridized carbons (Fsp3) is 0.417. The molecule has 3 aliphatic heterocycles. The number of amides is 2. The highest BCUT2D eigenvalue weighted by molar-refractivity contribution is 6.11. The predicted octanol–water partition coefficient (Wildman–Crippen LogP) is 3.54. The Morgan fingerprint density at radius 2 is 1.93 bits per heavy atom. The van der Waals surface area contributed by atoms with Crippen LogP contribution in [0.15, 0.2) is 48.5 Å². The lowest BCUT2D eigenvalue weighted by Crippen LogP contribution is -2.55. The van der Waals surface area contributed by atoms with Crippen LogP contribution in [0.2, 0.25) is 0 Å². The number of benzene rings is 2. The molecule has 150 valence electrons. The van der Waals surface area contributed by atoms with E-state index in [1.165, 1.54) is 5.56 Å². The molecule has 2 aromatic rings. The van der Waals surface area contributed by atoms with E-state index in [-0.39, 0.29) is 17.9 Å². The van der Waals surface area contributed by atoms with Crippen LogP contribution in [0.1, 0.15) is 37.3 Å². The molecule has 0 aliphatic carbocycles. The molecule has 0 radical (unpaired) electrons. The van der Waals surface area contributed by atoms with Crippen molar-refractivity contribution in [3.8, 4) is 0 Å². The zero-order valence-electron chi connectivity index (χ0n) is 17.0. The first-order valence-electron chi connectivity index (χ1n) is 10.6. The minimum Gasteiger partial charge on any atom is -0.326 e. The molecule has 2 amide bonds. The van der Waals surface area contributed by atoms with E-state index < -0.39 is 11.5 Å². The third kappa shape index (κ3) is 2.50. The summed E-state index contributed by atoms with van der Waals surface area (Å²) in [6.07, 6.45) is 3.83. The van der Waals surface area contributed by atoms with E-state index in [4.69, 9.17) is 0 Å². The monoisotopic (exact) mass is 389 g/mol. The normalized spacial score (nSPS) is 28.1. The van der Waals surface area contributed by atoms with E-state index in [9.17, 15) is 9.59 Å². The third-order valence-corrected chi connectivity index (χ3v) is 7.10. The van der Waals surface area contributed by atoms with Crippen molar-refractivity contribution in [3.05, 3.63) is 59.7 Å². The molecule has 1 spiro atoms. The SMILES string of the molecule is CCc1ccc(NC(=O)C2CC3CCCN3C23C(=O)N(C)c2ccccc23)cc1. The van der Waals surface area contributed by atoms with Gasteiger partial charge in [0.1, 0.15) is 5.54 Å². The first kappa shape index (κ1) is 18.4. The molecule has 2 aromatic carbocycles. The standard InChI is InChI=1S/C24H27N3O2/c1-3-16-10-12-17(13-11-16)25-22(28)20-15-18-7-6-14-27(18)24(20)19-8-4-5-9-21(19)26(2)23(24)29/h4-5,8-13,18,20H,3,6-7,14-15H2,1-2H3,(H,25,28). The maximum Gasteiger partial charge on any atom is 0.252 e. The number of carbonyl (C=O) groups is 2. The Balaban J connectivity index is 1.55. The molecule has 5 heteroatoms. The number of fused-ring (bicyclic) bond motifs is 4. The van der Waals surface area contributed by atoms with Crippen LogP contribution >= 0.6 is 0 Å². The largest absolute Gasteiger partial charge is 0.326 e. The summed E-state index contributed by atoms with van der Waals surface area (Å²) in [7, 11) is 1.83. The van der Waals surface area contributed by atoms with Crippen molar-refractivity contribution in [3.63, 3.8) is 0 Å². The number of carbonyl (C=O) groups excluding carboxylic acids is 2. The molecular formula is C24H27N3O2. The highest BCUT2D eigenvalue weighted by Crippen LogP contribution is 2.56. The van der Waals surface area contributed by atoms with Crippen LogP contribution in [-0.2, 0) is 21.5 Å². The first-order valence-corrected chi connectivity index (χ1v) is 10.6. The smallest absolute Gasteiger partial charge is 0.252 e. The Hall–Kier alpha value is -2.66. The molecule has 0 saturated carbocycles. The van der Waals surface area contributed by atoms with Gasteiger partial charge in [-0.05, 0) is 56.0 Å². The summed E-state index contributed by atoms with van der Waals surface area (Å²) in [5, 5.41) is 3.11. The number of nitrogens with zero attached hydrogens (tertiary/aromatic N) is 2. The van der Waals surface area contributed by atoms with E-state index in [1.807, 2.05) is 55.6 Å². The van der Waals surface area contributed by atoms with Gasteiger partial charge in [-0.2, -0.15) is 0 Å². The summed E-state index contributed by atoms with van der Waals surface area (Å²) in [5.41, 5.74) is 3.07. The molecule has 1 N–H and O–H groups in total. The molecule has 0 aromatic heterocycles. The molecule has 5 rings (SSSR count). The minimum atomic E-state index is -0.875. The van der Waals surface area contributed by atoms with Gasteiger partial charge in [0.05, 0.1) is 5.92 Å². The van der Waals surface area contributed by atoms with E-state index in [2.05, 4.69) is 17.1 Å². The molecule has 2 fully saturated rings. The summed E-state index contributed by atoms with van der Waals surface area (Å²) in [4.78, 5) is 31.3. The van der Waals surface area contributed by atoms with Gasteiger partial charge in [-0.25, -0.2) is 0 Å². The van der Waals surface area contributed by atoms with Crippen molar-refractivity contribution in [1.82, 2.24) is 4.90 Å². The quantitative estimate of drug-likeness (QED) is 0.874. The van der Waals surface area contributed by atoms with Gasteiger partial charge in [-0.1, -0.05) is 37.3 Å². The number of rotatable bonds is 3. The van der Waals surface area contributed by atoms with Crippen LogP contribution in [0.4, 0.5) is 11.4 Å². The van der Waals surface area contributed by atoms with Crippen LogP contribution in [0.5, 0.6) is 0 Å². The molecule has 2 saturated heterocycles. The molecule has 3 atom stereocenters. The van der Waals surface area contributed by atoms with Crippen LogP contribution in [0.3, 0.4) is 0 Å². The van der Waals surface area contributed by atoms with Gasteiger partial charge >= 0.3 is 0 Å². The minimum absolute atomic E-state index is 0.0320. The molecule has 3 unspecified atom stereocenters. The summed E-state index contributed by atoms with van der Waals surface area (Å²) in [5.74, 6) is -0.413. The zero-order valence-corrected chi connectivity index (χ0v) is 17.0. The number of nitrogens with one attached hydrogen (secondary N) is 1. The lowest BCUT2D eigenvalue weighted by molar-refractivity contribution is -0.136. The van der Waals surface area contributed by atoms with Gasteiger partial charge in [-0.15, -0.1) is 0 Å². The second-order valence-electron chi connectivity index (χ2n) is 8.47. The molecule has 5 nitrogen and oxygen atoms in total. The molecule has 0 bridgehead atoms. The maximum atomic E-state index is 13.7. The van der Waals surface area contributed by atoms with E-state index in [1.54, 1.807) is 4.90 Å². The van der Waals surface area contributed by atoms with Crippen molar-refractivity contribution in [2.24, 2.45) is 5.92 Å². The number of anilines is 2. The Morgan fingerprint density at radius 1 is 1.17 bits per heavy atom. The molecule has 29 heavy (non-hydrogen) atoms. The Kier molecular flexibility index (Phi) is 4.24. The number of para-hydroxylation sites is 1. The Morgan fingerprint density at radius 3 is 2.69 bits per heavy atom. The van der Waals surface area contributed by atoms with Crippen LogP contribution in [-0.4, -0.2) is 36.3 Å². The molecular weight excluding hydrogens is 362 g/mol. The van der Waals surface area contributed by atoms with Gasteiger partial charge in [-0.3, -0.25) is 14.5 Å². The number of likely N-dealkylation sites (N-methyl/N-ethyl adjacent to an activating group) is 1. The topological polar surface area (TPSA) is 52.7 Å². The number of hydrogen-bond donors (Lipinski definition) is 1. The molecule has 3 aliphatic rings. The van der Waals surface area contributed by atoms with E-state index >= 15 is 0 Å². The second-order valence-corrected chi connectivity index (χ2v) is 8.47. The summed E-state index contributed by atoms with van der Waals surface area (Å²) >= 11 is 0. The fourth-order valence-electron chi connectivity index (χ4n) is 5.72. The van der Waals surface area contributed by atoms with E-state index in [0.717, 1.165) is 49.2 Å². The highest BCUT2D eigenvalue weighted by Gasteiger charge is 2.66. The second kappa shape index (κ2) is 6.70. The van der Waals surface area contributed by atoms with Crippen molar-refractivity contribution >= 4 is 23.2 Å². The number of aryl methyl sites for hydroxylation is 1. The van der Waals surface area contributed by atoms with Crippen LogP contribution in [0, 0.1) is 5.92 Å². The predicted molar refractivity (Wildman–Crippen MR) is 114 cm³/mol. The maximum absolute atomic E-state index is 13.7. The van der Waals surface area contributed by atoms with Crippen molar-refractivity contribution in [2.45, 2.75) is 44.2 Å². The number of hydrogen-bond acceptors (Lipinski definition) is 3. The van der Waals surface area contributed by atoms with Gasteiger partial charge in [0, 0.05) is 30.0 Å². The summed E-state index contributed by atoms with van der Waals surface area (Å²) < 4.78 is 0. The highest BCUT2D eigenvalue weighted by atomic mass is 16.2. The van der Waals surface area contributed by atoms with Gasteiger partial charge < -0.3 is 10.2 Å². The average molecular weight is 389 g/mol. The third-order valence-electron chi connectivity index (χ3n) is 7.10. The Labute approximate surface area is 171 Å². The van der Waals surface area contributed by atoms with Crippen LogP contribution in [0.25, 0.3) is 0 Å². The molecule has 3 heterocycles. The van der Waals surface area contributed by atoms with Crippen molar-refractivity contribution < 1.29 is 9.59 Å². The van der Waals surface area contributed by atoms with Crippen molar-refractivity contribution in [2.75, 3.05) is 23.8 Å². The fourth-order valence-corrected chi connectivity index (χ4v) is 5.72. The average Bonchev–Trinajstić information content (AvgIpc) is 3.39. The summed E-state index contributed by atoms with van der Waals surface area (Å²) in [6, 6.07) is 16.3.